The molecule has 3 N–H and O–H groups in total. The zero-order chi connectivity index (χ0) is 8.10. The molecule has 0 aliphatic heterocycles. The lowest BCUT2D eigenvalue weighted by atomic mass is 10.4. The summed E-state index contributed by atoms with van der Waals surface area (Å²) in [6.07, 6.45) is 1.61. The fourth-order valence-electron chi connectivity index (χ4n) is 0.562. The average molecular weight is 168 g/mol. The minimum Gasteiger partial charge on any atom is -0.379 e. The molecule has 0 saturated carbocycles. The smallest absolute Gasteiger partial charge is 0.151 e. The highest BCUT2D eigenvalue weighted by Gasteiger charge is 1.94. The summed E-state index contributed by atoms with van der Waals surface area (Å²) in [7, 11) is 0. The standard InChI is InChI=1S/C6H8N4S/c7-6(8)11-4-5-2-1-3-9-10-5/h1-3H,4H2,(H3,7,8). The Kier molecular flexibility index (Phi) is 2.85. The van der Waals surface area contributed by atoms with Crippen LogP contribution in [-0.4, -0.2) is 15.4 Å². The second-order valence-electron chi connectivity index (χ2n) is 1.87. The van der Waals surface area contributed by atoms with E-state index in [0.717, 1.165) is 5.69 Å². The molecule has 4 nitrogen and oxygen atoms in total. The molecular weight excluding hydrogens is 160 g/mol. The van der Waals surface area contributed by atoms with Gasteiger partial charge in [-0.1, -0.05) is 11.8 Å². The fraction of sp³-hybridized carbons (Fsp3) is 0.167. The van der Waals surface area contributed by atoms with Crippen molar-refractivity contribution in [3.63, 3.8) is 0 Å². The molecule has 11 heavy (non-hydrogen) atoms. The normalized spacial score (nSPS) is 9.45. The number of thioether (sulfide) groups is 1. The zero-order valence-corrected chi connectivity index (χ0v) is 6.64. The van der Waals surface area contributed by atoms with Gasteiger partial charge in [0, 0.05) is 11.9 Å². The number of nitrogens with one attached hydrogen (secondary N) is 1. The second kappa shape index (κ2) is 3.92. The van der Waals surface area contributed by atoms with E-state index in [4.69, 9.17) is 11.1 Å². The minimum absolute atomic E-state index is 0.107. The van der Waals surface area contributed by atoms with Crippen LogP contribution in [-0.2, 0) is 5.75 Å². The van der Waals surface area contributed by atoms with E-state index in [1.807, 2.05) is 12.1 Å². The molecule has 1 aromatic rings. The van der Waals surface area contributed by atoms with Crippen molar-refractivity contribution in [3.8, 4) is 0 Å². The maximum Gasteiger partial charge on any atom is 0.151 e. The Morgan fingerprint density at radius 1 is 1.73 bits per heavy atom. The summed E-state index contributed by atoms with van der Waals surface area (Å²) in [6.45, 7) is 0. The Bertz CT molecular complexity index is 236. The van der Waals surface area contributed by atoms with E-state index in [1.54, 1.807) is 6.20 Å². The van der Waals surface area contributed by atoms with Crippen LogP contribution in [0, 0.1) is 5.41 Å². The van der Waals surface area contributed by atoms with Gasteiger partial charge >= 0.3 is 0 Å². The van der Waals surface area contributed by atoms with Gasteiger partial charge in [0.2, 0.25) is 0 Å². The topological polar surface area (TPSA) is 75.7 Å². The average Bonchev–Trinajstić information content (AvgIpc) is 2.03. The van der Waals surface area contributed by atoms with E-state index in [9.17, 15) is 0 Å². The van der Waals surface area contributed by atoms with Crippen molar-refractivity contribution in [1.82, 2.24) is 10.2 Å². The second-order valence-corrected chi connectivity index (χ2v) is 2.89. The first-order valence-corrected chi connectivity index (χ1v) is 4.01. The maximum atomic E-state index is 6.94. The predicted octanol–water partition coefficient (Wildman–Crippen LogP) is 0.603. The summed E-state index contributed by atoms with van der Waals surface area (Å²) in [5.74, 6) is 0.614. The van der Waals surface area contributed by atoms with E-state index >= 15 is 0 Å². The summed E-state index contributed by atoms with van der Waals surface area (Å²) in [4.78, 5) is 0. The van der Waals surface area contributed by atoms with Gasteiger partial charge in [0.25, 0.3) is 0 Å². The molecule has 1 heterocycles. The van der Waals surface area contributed by atoms with E-state index in [-0.39, 0.29) is 5.17 Å². The predicted molar refractivity (Wildman–Crippen MR) is 45.2 cm³/mol. The molecule has 0 saturated heterocycles. The Morgan fingerprint density at radius 3 is 3.09 bits per heavy atom. The lowest BCUT2D eigenvalue weighted by Gasteiger charge is -1.95. The summed E-state index contributed by atoms with van der Waals surface area (Å²) in [6, 6.07) is 3.66. The highest BCUT2D eigenvalue weighted by molar-refractivity contribution is 8.13. The molecule has 58 valence electrons. The van der Waals surface area contributed by atoms with Gasteiger partial charge in [-0.2, -0.15) is 10.2 Å². The van der Waals surface area contributed by atoms with Crippen LogP contribution in [0.15, 0.2) is 18.3 Å². The molecule has 0 unspecified atom stereocenters. The molecule has 0 aromatic carbocycles. The first kappa shape index (κ1) is 8.00. The molecule has 1 aromatic heterocycles. The van der Waals surface area contributed by atoms with E-state index < -0.39 is 0 Å². The molecule has 0 radical (unpaired) electrons. The van der Waals surface area contributed by atoms with Gasteiger partial charge in [-0.15, -0.1) is 0 Å². The number of aromatic nitrogens is 2. The Morgan fingerprint density at radius 2 is 2.55 bits per heavy atom. The van der Waals surface area contributed by atoms with Crippen LogP contribution in [0.1, 0.15) is 5.69 Å². The van der Waals surface area contributed by atoms with Crippen molar-refractivity contribution in [2.24, 2.45) is 5.73 Å². The van der Waals surface area contributed by atoms with E-state index in [1.165, 1.54) is 11.8 Å². The molecule has 0 spiro atoms. The van der Waals surface area contributed by atoms with E-state index in [0.29, 0.717) is 5.75 Å². The molecule has 5 heteroatoms. The summed E-state index contributed by atoms with van der Waals surface area (Å²) < 4.78 is 0. The molecular formula is C6H8N4S. The Hall–Kier alpha value is -1.10. The largest absolute Gasteiger partial charge is 0.379 e. The van der Waals surface area contributed by atoms with Gasteiger partial charge in [0.15, 0.2) is 5.17 Å². The molecule has 0 aliphatic carbocycles. The monoisotopic (exact) mass is 168 g/mol. The van der Waals surface area contributed by atoms with Crippen LogP contribution < -0.4 is 5.73 Å². The van der Waals surface area contributed by atoms with Crippen molar-refractivity contribution in [2.45, 2.75) is 5.75 Å². The fourth-order valence-corrected chi connectivity index (χ4v) is 1.02. The summed E-state index contributed by atoms with van der Waals surface area (Å²) in [5, 5.41) is 14.6. The quantitative estimate of drug-likeness (QED) is 0.501. The van der Waals surface area contributed by atoms with Gasteiger partial charge in [-0.25, -0.2) is 0 Å². The van der Waals surface area contributed by atoms with Gasteiger partial charge < -0.3 is 5.73 Å². The van der Waals surface area contributed by atoms with Gasteiger partial charge in [-0.3, -0.25) is 5.41 Å². The van der Waals surface area contributed by atoms with Crippen LogP contribution >= 0.6 is 11.8 Å². The lowest BCUT2D eigenvalue weighted by molar-refractivity contribution is 0.972. The molecule has 1 rings (SSSR count). The Labute approximate surface area is 68.7 Å². The van der Waals surface area contributed by atoms with Crippen LogP contribution in [0.4, 0.5) is 0 Å². The molecule has 0 atom stereocenters. The third-order valence-electron chi connectivity index (χ3n) is 1.00. The van der Waals surface area contributed by atoms with Gasteiger partial charge in [-0.05, 0) is 12.1 Å². The number of nitrogens with two attached hydrogens (primary N) is 1. The summed E-state index contributed by atoms with van der Waals surface area (Å²) >= 11 is 1.24. The summed E-state index contributed by atoms with van der Waals surface area (Å²) in [5.41, 5.74) is 5.98. The first-order chi connectivity index (χ1) is 5.29. The lowest BCUT2D eigenvalue weighted by Crippen LogP contribution is -2.04. The van der Waals surface area contributed by atoms with Crippen molar-refractivity contribution < 1.29 is 0 Å². The first-order valence-electron chi connectivity index (χ1n) is 3.02. The third kappa shape index (κ3) is 2.99. The number of amidine groups is 1. The number of hydrogen-bond donors (Lipinski definition) is 2. The van der Waals surface area contributed by atoms with Crippen LogP contribution in [0.3, 0.4) is 0 Å². The number of nitrogens with zero attached hydrogens (tertiary/aromatic N) is 2. The minimum atomic E-state index is 0.107. The number of hydrogen-bond acceptors (Lipinski definition) is 4. The molecule has 0 aliphatic rings. The third-order valence-corrected chi connectivity index (χ3v) is 1.75. The van der Waals surface area contributed by atoms with Crippen molar-refractivity contribution in [3.05, 3.63) is 24.0 Å². The van der Waals surface area contributed by atoms with Gasteiger partial charge in [0.05, 0.1) is 5.69 Å². The number of rotatable bonds is 2. The highest BCUT2D eigenvalue weighted by Crippen LogP contribution is 2.06. The van der Waals surface area contributed by atoms with Crippen molar-refractivity contribution in [1.29, 1.82) is 5.41 Å². The van der Waals surface area contributed by atoms with Crippen LogP contribution in [0.5, 0.6) is 0 Å². The zero-order valence-electron chi connectivity index (χ0n) is 5.82. The Balaban J connectivity index is 2.45. The van der Waals surface area contributed by atoms with E-state index in [2.05, 4.69) is 10.2 Å². The maximum absolute atomic E-state index is 6.94. The highest BCUT2D eigenvalue weighted by atomic mass is 32.2. The van der Waals surface area contributed by atoms with Crippen LogP contribution in [0.2, 0.25) is 0 Å². The van der Waals surface area contributed by atoms with Crippen molar-refractivity contribution >= 4 is 16.9 Å². The molecule has 0 fully saturated rings. The van der Waals surface area contributed by atoms with Gasteiger partial charge in [0.1, 0.15) is 0 Å². The molecule has 0 bridgehead atoms. The molecule has 0 amide bonds. The van der Waals surface area contributed by atoms with Crippen LogP contribution in [0.25, 0.3) is 0 Å². The van der Waals surface area contributed by atoms with Crippen molar-refractivity contribution in [2.75, 3.05) is 0 Å². The SMILES string of the molecule is N=C(N)SCc1cccnn1.